The summed E-state index contributed by atoms with van der Waals surface area (Å²) in [5.41, 5.74) is 4.17. The van der Waals surface area contributed by atoms with Gasteiger partial charge in [0.2, 0.25) is 5.91 Å². The van der Waals surface area contributed by atoms with Crippen molar-refractivity contribution in [2.45, 2.75) is 39.2 Å². The first kappa shape index (κ1) is 19.2. The standard InChI is InChI=1S/C23H28N2O2/c1-4-24-22(26)20-13-14-21(15-20)25(3)23(27)19-11-9-18(10-12-19)17-7-5-16(2)6-8-17/h5-12,20-21H,4,13-15H2,1-3H3,(H,24,26)/t20-,21+/m0/s1. The Balaban J connectivity index is 1.65. The fourth-order valence-corrected chi connectivity index (χ4v) is 3.79. The second-order valence-corrected chi connectivity index (χ2v) is 7.42. The summed E-state index contributed by atoms with van der Waals surface area (Å²) < 4.78 is 0. The SMILES string of the molecule is CCNC(=O)[C@H]1CC[C@@H](N(C)C(=O)c2ccc(-c3ccc(C)cc3)cc2)C1. The summed E-state index contributed by atoms with van der Waals surface area (Å²) in [6.45, 7) is 4.66. The average Bonchev–Trinajstić information content (AvgIpc) is 3.18. The van der Waals surface area contributed by atoms with Gasteiger partial charge in [-0.15, -0.1) is 0 Å². The van der Waals surface area contributed by atoms with Crippen molar-refractivity contribution in [1.82, 2.24) is 10.2 Å². The number of aryl methyl sites for hydroxylation is 1. The van der Waals surface area contributed by atoms with Gasteiger partial charge >= 0.3 is 0 Å². The third-order valence-corrected chi connectivity index (χ3v) is 5.51. The molecule has 4 heteroatoms. The second kappa shape index (κ2) is 8.38. The molecule has 1 fully saturated rings. The molecular formula is C23H28N2O2. The molecule has 0 bridgehead atoms. The minimum atomic E-state index is 0.0204. The van der Waals surface area contributed by atoms with Crippen LogP contribution in [-0.2, 0) is 4.79 Å². The Kier molecular flexibility index (Phi) is 5.94. The summed E-state index contributed by atoms with van der Waals surface area (Å²) in [6, 6.07) is 16.3. The Labute approximate surface area is 161 Å². The number of nitrogens with zero attached hydrogens (tertiary/aromatic N) is 1. The third-order valence-electron chi connectivity index (χ3n) is 5.51. The van der Waals surface area contributed by atoms with E-state index in [2.05, 4.69) is 36.5 Å². The van der Waals surface area contributed by atoms with Gasteiger partial charge in [0, 0.05) is 31.1 Å². The van der Waals surface area contributed by atoms with E-state index in [-0.39, 0.29) is 23.8 Å². The van der Waals surface area contributed by atoms with E-state index in [9.17, 15) is 9.59 Å². The van der Waals surface area contributed by atoms with E-state index in [1.54, 1.807) is 4.90 Å². The number of benzene rings is 2. The van der Waals surface area contributed by atoms with Crippen molar-refractivity contribution in [3.63, 3.8) is 0 Å². The number of hydrogen-bond acceptors (Lipinski definition) is 2. The zero-order valence-corrected chi connectivity index (χ0v) is 16.4. The zero-order chi connectivity index (χ0) is 19.4. The van der Waals surface area contributed by atoms with Crippen LogP contribution in [0.4, 0.5) is 0 Å². The van der Waals surface area contributed by atoms with Crippen molar-refractivity contribution in [3.8, 4) is 11.1 Å². The summed E-state index contributed by atoms with van der Waals surface area (Å²) in [7, 11) is 1.85. The van der Waals surface area contributed by atoms with Crippen LogP contribution in [0.2, 0.25) is 0 Å². The molecule has 0 aromatic heterocycles. The van der Waals surface area contributed by atoms with Crippen LogP contribution in [0.3, 0.4) is 0 Å². The van der Waals surface area contributed by atoms with Crippen LogP contribution in [-0.4, -0.2) is 36.3 Å². The van der Waals surface area contributed by atoms with Crippen molar-refractivity contribution in [2.24, 2.45) is 5.92 Å². The van der Waals surface area contributed by atoms with Crippen molar-refractivity contribution < 1.29 is 9.59 Å². The molecule has 0 unspecified atom stereocenters. The van der Waals surface area contributed by atoms with Gasteiger partial charge in [-0.2, -0.15) is 0 Å². The van der Waals surface area contributed by atoms with Gasteiger partial charge in [-0.05, 0) is 56.4 Å². The number of carbonyl (C=O) groups excluding carboxylic acids is 2. The number of carbonyl (C=O) groups is 2. The number of hydrogen-bond donors (Lipinski definition) is 1. The molecule has 2 aromatic carbocycles. The summed E-state index contributed by atoms with van der Waals surface area (Å²) >= 11 is 0. The third kappa shape index (κ3) is 4.38. The van der Waals surface area contributed by atoms with E-state index in [1.165, 1.54) is 5.56 Å². The molecule has 1 saturated carbocycles. The van der Waals surface area contributed by atoms with Crippen LogP contribution in [0.15, 0.2) is 48.5 Å². The lowest BCUT2D eigenvalue weighted by Gasteiger charge is -2.25. The molecule has 2 amide bonds. The molecule has 1 N–H and O–H groups in total. The molecule has 2 aromatic rings. The minimum absolute atomic E-state index is 0.0204. The molecule has 0 aliphatic heterocycles. The lowest BCUT2D eigenvalue weighted by atomic mass is 10.0. The highest BCUT2D eigenvalue weighted by Crippen LogP contribution is 2.30. The Morgan fingerprint density at radius 3 is 2.19 bits per heavy atom. The second-order valence-electron chi connectivity index (χ2n) is 7.42. The van der Waals surface area contributed by atoms with Crippen LogP contribution < -0.4 is 5.32 Å². The molecule has 0 radical (unpaired) electrons. The van der Waals surface area contributed by atoms with Gasteiger partial charge in [0.25, 0.3) is 5.91 Å². The van der Waals surface area contributed by atoms with Gasteiger partial charge in [-0.25, -0.2) is 0 Å². The maximum Gasteiger partial charge on any atom is 0.253 e. The molecule has 0 heterocycles. The fourth-order valence-electron chi connectivity index (χ4n) is 3.79. The van der Waals surface area contributed by atoms with Gasteiger partial charge in [-0.3, -0.25) is 9.59 Å². The molecular weight excluding hydrogens is 336 g/mol. The van der Waals surface area contributed by atoms with Crippen LogP contribution in [0.1, 0.15) is 42.1 Å². The highest BCUT2D eigenvalue weighted by molar-refractivity contribution is 5.95. The topological polar surface area (TPSA) is 49.4 Å². The largest absolute Gasteiger partial charge is 0.356 e. The summed E-state index contributed by atoms with van der Waals surface area (Å²) in [4.78, 5) is 26.7. The van der Waals surface area contributed by atoms with Crippen molar-refractivity contribution in [3.05, 3.63) is 59.7 Å². The molecule has 1 aliphatic rings. The Morgan fingerprint density at radius 1 is 1.00 bits per heavy atom. The highest BCUT2D eigenvalue weighted by atomic mass is 16.2. The first-order chi connectivity index (χ1) is 13.0. The van der Waals surface area contributed by atoms with Crippen molar-refractivity contribution in [1.29, 1.82) is 0 Å². The maximum absolute atomic E-state index is 12.9. The first-order valence-electron chi connectivity index (χ1n) is 9.71. The predicted octanol–water partition coefficient (Wildman–Crippen LogP) is 4.04. The summed E-state index contributed by atoms with van der Waals surface area (Å²) in [5, 5.41) is 2.89. The number of nitrogens with one attached hydrogen (secondary N) is 1. The first-order valence-corrected chi connectivity index (χ1v) is 9.71. The van der Waals surface area contributed by atoms with E-state index in [0.29, 0.717) is 12.1 Å². The van der Waals surface area contributed by atoms with E-state index in [0.717, 1.165) is 30.4 Å². The van der Waals surface area contributed by atoms with Gasteiger partial charge in [0.15, 0.2) is 0 Å². The molecule has 2 atom stereocenters. The smallest absolute Gasteiger partial charge is 0.253 e. The molecule has 0 saturated heterocycles. The monoisotopic (exact) mass is 364 g/mol. The van der Waals surface area contributed by atoms with Crippen LogP contribution in [0.25, 0.3) is 11.1 Å². The van der Waals surface area contributed by atoms with Crippen molar-refractivity contribution in [2.75, 3.05) is 13.6 Å². The number of rotatable bonds is 5. The average molecular weight is 364 g/mol. The fraction of sp³-hybridized carbons (Fsp3) is 0.391. The molecule has 27 heavy (non-hydrogen) atoms. The van der Waals surface area contributed by atoms with Gasteiger partial charge in [0.05, 0.1) is 0 Å². The summed E-state index contributed by atoms with van der Waals surface area (Å²) in [6.07, 6.45) is 2.47. The molecule has 4 nitrogen and oxygen atoms in total. The molecule has 1 aliphatic carbocycles. The summed E-state index contributed by atoms with van der Waals surface area (Å²) in [5.74, 6) is 0.157. The quantitative estimate of drug-likeness (QED) is 0.870. The highest BCUT2D eigenvalue weighted by Gasteiger charge is 2.33. The van der Waals surface area contributed by atoms with E-state index >= 15 is 0 Å². The van der Waals surface area contributed by atoms with E-state index in [4.69, 9.17) is 0 Å². The van der Waals surface area contributed by atoms with Crippen molar-refractivity contribution >= 4 is 11.8 Å². The van der Waals surface area contributed by atoms with Crippen LogP contribution in [0.5, 0.6) is 0 Å². The van der Waals surface area contributed by atoms with Crippen LogP contribution in [0, 0.1) is 12.8 Å². The normalized spacial score (nSPS) is 18.9. The Hall–Kier alpha value is -2.62. The lowest BCUT2D eigenvalue weighted by molar-refractivity contribution is -0.124. The van der Waals surface area contributed by atoms with Gasteiger partial charge in [0.1, 0.15) is 0 Å². The minimum Gasteiger partial charge on any atom is -0.356 e. The molecule has 142 valence electrons. The van der Waals surface area contributed by atoms with Gasteiger partial charge < -0.3 is 10.2 Å². The molecule has 0 spiro atoms. The number of amides is 2. The van der Waals surface area contributed by atoms with E-state index < -0.39 is 0 Å². The predicted molar refractivity (Wildman–Crippen MR) is 109 cm³/mol. The Morgan fingerprint density at radius 2 is 1.59 bits per heavy atom. The lowest BCUT2D eigenvalue weighted by Crippen LogP contribution is -2.36. The zero-order valence-electron chi connectivity index (χ0n) is 16.4. The van der Waals surface area contributed by atoms with E-state index in [1.807, 2.05) is 38.2 Å². The molecule has 3 rings (SSSR count). The van der Waals surface area contributed by atoms with Crippen LogP contribution >= 0.6 is 0 Å². The van der Waals surface area contributed by atoms with Gasteiger partial charge in [-0.1, -0.05) is 42.0 Å². The Bertz CT molecular complexity index is 796. The maximum atomic E-state index is 12.9.